The molecule has 0 amide bonds. The maximum absolute atomic E-state index is 11.6. The van der Waals surface area contributed by atoms with Crippen LogP contribution in [0.1, 0.15) is 30.1 Å². The first-order valence-electron chi connectivity index (χ1n) is 6.82. The molecule has 2 unspecified atom stereocenters. The zero-order valence-corrected chi connectivity index (χ0v) is 12.2. The summed E-state index contributed by atoms with van der Waals surface area (Å²) in [5, 5.41) is 3.35. The number of nitrogens with zero attached hydrogens (tertiary/aromatic N) is 2. The fourth-order valence-electron chi connectivity index (χ4n) is 2.49. The predicted octanol–water partition coefficient (Wildman–Crippen LogP) is 1.34. The number of hydrogen-bond donors (Lipinski definition) is 2. The molecule has 20 heavy (non-hydrogen) atoms. The molecule has 1 aromatic heterocycles. The van der Waals surface area contributed by atoms with Crippen molar-refractivity contribution in [2.24, 2.45) is 0 Å². The third kappa shape index (κ3) is 3.01. The minimum atomic E-state index is -0.440. The van der Waals surface area contributed by atoms with Crippen LogP contribution in [0.5, 0.6) is 0 Å². The van der Waals surface area contributed by atoms with Gasteiger partial charge in [-0.1, -0.05) is 0 Å². The molecule has 1 saturated heterocycles. The number of rotatable bonds is 3. The first-order valence-corrected chi connectivity index (χ1v) is 6.82. The van der Waals surface area contributed by atoms with E-state index in [0.29, 0.717) is 29.2 Å². The number of esters is 1. The Labute approximate surface area is 119 Å². The number of aromatic nitrogens is 1. The van der Waals surface area contributed by atoms with Gasteiger partial charge in [0.25, 0.3) is 0 Å². The largest absolute Gasteiger partial charge is 0.465 e. The first-order chi connectivity index (χ1) is 9.52. The molecule has 0 aromatic carbocycles. The minimum absolute atomic E-state index is 0.323. The lowest BCUT2D eigenvalue weighted by molar-refractivity contribution is 0.0602. The van der Waals surface area contributed by atoms with Crippen molar-refractivity contribution < 1.29 is 9.53 Å². The maximum Gasteiger partial charge on any atom is 0.340 e. The van der Waals surface area contributed by atoms with Crippen LogP contribution < -0.4 is 11.1 Å². The summed E-state index contributed by atoms with van der Waals surface area (Å²) in [7, 11) is 3.47. The second-order valence-electron chi connectivity index (χ2n) is 5.31. The Balaban J connectivity index is 2.12. The lowest BCUT2D eigenvalue weighted by atomic mass is 9.99. The van der Waals surface area contributed by atoms with Gasteiger partial charge >= 0.3 is 5.97 Å². The van der Waals surface area contributed by atoms with Crippen molar-refractivity contribution in [2.75, 3.05) is 31.8 Å². The second kappa shape index (κ2) is 6.09. The smallest absolute Gasteiger partial charge is 0.340 e. The average molecular weight is 278 g/mol. The summed E-state index contributed by atoms with van der Waals surface area (Å²) in [6.07, 6.45) is 3.63. The van der Waals surface area contributed by atoms with Crippen LogP contribution in [0.25, 0.3) is 0 Å². The van der Waals surface area contributed by atoms with E-state index >= 15 is 0 Å². The zero-order chi connectivity index (χ0) is 14.7. The quantitative estimate of drug-likeness (QED) is 0.812. The third-order valence-electron chi connectivity index (χ3n) is 3.94. The molecule has 1 aromatic rings. The topological polar surface area (TPSA) is 80.5 Å². The van der Waals surface area contributed by atoms with Crippen LogP contribution in [-0.2, 0) is 4.74 Å². The number of carbonyl (C=O) groups excluding carboxylic acids is 1. The molecule has 0 saturated carbocycles. The van der Waals surface area contributed by atoms with Gasteiger partial charge in [0.2, 0.25) is 0 Å². The summed E-state index contributed by atoms with van der Waals surface area (Å²) >= 11 is 0. The van der Waals surface area contributed by atoms with E-state index in [9.17, 15) is 4.79 Å². The molecule has 3 N–H and O–H groups in total. The van der Waals surface area contributed by atoms with E-state index in [-0.39, 0.29) is 0 Å². The van der Waals surface area contributed by atoms with Crippen LogP contribution in [-0.4, -0.2) is 48.6 Å². The van der Waals surface area contributed by atoms with Crippen LogP contribution in [0.2, 0.25) is 0 Å². The molecule has 1 fully saturated rings. The fraction of sp³-hybridized carbons (Fsp3) is 0.571. The van der Waals surface area contributed by atoms with Crippen LogP contribution in [0.3, 0.4) is 0 Å². The lowest BCUT2D eigenvalue weighted by Crippen LogP contribution is -2.42. The molecule has 0 radical (unpaired) electrons. The molecule has 2 rings (SSSR count). The number of ether oxygens (including phenoxy) is 1. The van der Waals surface area contributed by atoms with Crippen LogP contribution in [0, 0.1) is 0 Å². The van der Waals surface area contributed by atoms with Crippen LogP contribution in [0.4, 0.5) is 11.5 Å². The monoisotopic (exact) mass is 278 g/mol. The molecule has 1 aliphatic rings. The SMILES string of the molecule is COC(=O)c1ccnc(NC2CCN(C)C(C)C2)c1N. The van der Waals surface area contributed by atoms with Crippen LogP contribution >= 0.6 is 0 Å². The highest BCUT2D eigenvalue weighted by atomic mass is 16.5. The Kier molecular flexibility index (Phi) is 4.44. The number of nitrogens with one attached hydrogen (secondary N) is 1. The summed E-state index contributed by atoms with van der Waals surface area (Å²) in [5.41, 5.74) is 6.71. The van der Waals surface area contributed by atoms with E-state index in [4.69, 9.17) is 10.5 Å². The highest BCUT2D eigenvalue weighted by Gasteiger charge is 2.24. The standard InChI is InChI=1S/C14H22N4O2/c1-9-8-10(5-7-18(9)2)17-13-12(15)11(4-6-16-13)14(19)20-3/h4,6,9-10H,5,7-8,15H2,1-3H3,(H,16,17). The van der Waals surface area contributed by atoms with Crippen LogP contribution in [0.15, 0.2) is 12.3 Å². The molecule has 2 atom stereocenters. The summed E-state index contributed by atoms with van der Waals surface area (Å²) in [4.78, 5) is 18.2. The van der Waals surface area contributed by atoms with Crippen molar-refractivity contribution >= 4 is 17.5 Å². The van der Waals surface area contributed by atoms with E-state index in [2.05, 4.69) is 29.2 Å². The Hall–Kier alpha value is -1.82. The van der Waals surface area contributed by atoms with Gasteiger partial charge in [0.05, 0.1) is 18.4 Å². The van der Waals surface area contributed by atoms with Crippen molar-refractivity contribution in [1.82, 2.24) is 9.88 Å². The number of hydrogen-bond acceptors (Lipinski definition) is 6. The predicted molar refractivity (Wildman–Crippen MR) is 78.7 cm³/mol. The summed E-state index contributed by atoms with van der Waals surface area (Å²) in [6, 6.07) is 2.42. The van der Waals surface area contributed by atoms with Gasteiger partial charge < -0.3 is 20.7 Å². The maximum atomic E-state index is 11.6. The molecular formula is C14H22N4O2. The molecule has 6 heteroatoms. The molecule has 0 spiro atoms. The lowest BCUT2D eigenvalue weighted by Gasteiger charge is -2.35. The molecule has 1 aliphatic heterocycles. The third-order valence-corrected chi connectivity index (χ3v) is 3.94. The Bertz CT molecular complexity index is 492. The van der Waals surface area contributed by atoms with Crippen molar-refractivity contribution in [3.05, 3.63) is 17.8 Å². The number of carbonyl (C=O) groups is 1. The normalized spacial score (nSPS) is 23.4. The van der Waals surface area contributed by atoms with Crippen molar-refractivity contribution in [1.29, 1.82) is 0 Å². The van der Waals surface area contributed by atoms with E-state index < -0.39 is 5.97 Å². The molecule has 0 aliphatic carbocycles. The Morgan fingerprint density at radius 3 is 3.00 bits per heavy atom. The van der Waals surface area contributed by atoms with Gasteiger partial charge in [-0.05, 0) is 32.9 Å². The number of nitrogens with two attached hydrogens (primary N) is 1. The van der Waals surface area contributed by atoms with Crippen molar-refractivity contribution in [3.8, 4) is 0 Å². The second-order valence-corrected chi connectivity index (χ2v) is 5.31. The van der Waals surface area contributed by atoms with Crippen molar-refractivity contribution in [3.63, 3.8) is 0 Å². The number of pyridine rings is 1. The van der Waals surface area contributed by atoms with Gasteiger partial charge in [0.1, 0.15) is 5.82 Å². The molecule has 2 heterocycles. The average Bonchev–Trinajstić information content (AvgIpc) is 2.44. The van der Waals surface area contributed by atoms with E-state index in [1.807, 2.05) is 0 Å². The summed E-state index contributed by atoms with van der Waals surface area (Å²) in [5.74, 6) is 0.124. The number of likely N-dealkylation sites (tertiary alicyclic amines) is 1. The first kappa shape index (κ1) is 14.6. The van der Waals surface area contributed by atoms with Gasteiger partial charge in [-0.25, -0.2) is 9.78 Å². The Morgan fingerprint density at radius 2 is 2.35 bits per heavy atom. The van der Waals surface area contributed by atoms with Gasteiger partial charge in [-0.2, -0.15) is 0 Å². The number of piperidine rings is 1. The highest BCUT2D eigenvalue weighted by molar-refractivity contribution is 5.97. The van der Waals surface area contributed by atoms with Gasteiger partial charge in [-0.15, -0.1) is 0 Å². The Morgan fingerprint density at radius 1 is 1.60 bits per heavy atom. The molecule has 110 valence electrons. The summed E-state index contributed by atoms with van der Waals surface area (Å²) in [6.45, 7) is 3.24. The molecule has 6 nitrogen and oxygen atoms in total. The highest BCUT2D eigenvalue weighted by Crippen LogP contribution is 2.25. The van der Waals surface area contributed by atoms with E-state index in [1.54, 1.807) is 12.3 Å². The van der Waals surface area contributed by atoms with E-state index in [0.717, 1.165) is 19.4 Å². The molecule has 0 bridgehead atoms. The fourth-order valence-corrected chi connectivity index (χ4v) is 2.49. The zero-order valence-electron chi connectivity index (χ0n) is 12.2. The number of nitrogen functional groups attached to an aromatic ring is 1. The van der Waals surface area contributed by atoms with Gasteiger partial charge in [0.15, 0.2) is 0 Å². The number of methoxy groups -OCH3 is 1. The summed E-state index contributed by atoms with van der Waals surface area (Å²) < 4.78 is 4.71. The van der Waals surface area contributed by atoms with E-state index in [1.165, 1.54) is 7.11 Å². The van der Waals surface area contributed by atoms with Crippen molar-refractivity contribution in [2.45, 2.75) is 31.8 Å². The van der Waals surface area contributed by atoms with Gasteiger partial charge in [-0.3, -0.25) is 0 Å². The molecular weight excluding hydrogens is 256 g/mol. The number of anilines is 2. The minimum Gasteiger partial charge on any atom is -0.465 e. The van der Waals surface area contributed by atoms with Gasteiger partial charge in [0, 0.05) is 24.8 Å².